The molecule has 2 N–H and O–H groups in total. The number of hydrogen-bond donors (Lipinski definition) is 2. The highest BCUT2D eigenvalue weighted by Gasteiger charge is 2.24. The molecule has 1 unspecified atom stereocenters. The van der Waals surface area contributed by atoms with E-state index in [-0.39, 0.29) is 6.03 Å². The van der Waals surface area contributed by atoms with E-state index in [1.54, 1.807) is 16.7 Å². The highest BCUT2D eigenvalue weighted by Crippen LogP contribution is 2.04. The van der Waals surface area contributed by atoms with Gasteiger partial charge in [0.1, 0.15) is 6.04 Å². The third kappa shape index (κ3) is 4.73. The number of hydrogen-bond acceptors (Lipinski definition) is 4. The third-order valence-corrected chi connectivity index (χ3v) is 3.64. The van der Waals surface area contributed by atoms with Gasteiger partial charge in [0.05, 0.1) is 0 Å². The van der Waals surface area contributed by atoms with Crippen molar-refractivity contribution in [3.63, 3.8) is 0 Å². The van der Waals surface area contributed by atoms with Gasteiger partial charge in [0.25, 0.3) is 0 Å². The van der Waals surface area contributed by atoms with Crippen LogP contribution in [0.3, 0.4) is 0 Å². The zero-order chi connectivity index (χ0) is 13.5. The fraction of sp³-hybridized carbons (Fsp3) is 0.818. The van der Waals surface area contributed by atoms with Gasteiger partial charge in [-0.3, -0.25) is 0 Å². The number of likely N-dealkylation sites (N-methyl/N-ethyl adjacent to an activating group) is 1. The van der Waals surface area contributed by atoms with Gasteiger partial charge < -0.3 is 20.2 Å². The van der Waals surface area contributed by atoms with Crippen LogP contribution >= 0.6 is 11.8 Å². The maximum Gasteiger partial charge on any atom is 0.326 e. The fourth-order valence-electron chi connectivity index (χ4n) is 1.74. The number of thioether (sulfide) groups is 1. The average molecular weight is 275 g/mol. The second-order valence-corrected chi connectivity index (χ2v) is 5.40. The second kappa shape index (κ2) is 7.48. The van der Waals surface area contributed by atoms with Crippen LogP contribution in [0.2, 0.25) is 0 Å². The van der Waals surface area contributed by atoms with Crippen LogP contribution < -0.4 is 5.32 Å². The van der Waals surface area contributed by atoms with Gasteiger partial charge in [-0.15, -0.1) is 0 Å². The summed E-state index contributed by atoms with van der Waals surface area (Å²) in [5, 5.41) is 11.6. The number of piperazine rings is 1. The van der Waals surface area contributed by atoms with Crippen molar-refractivity contribution in [2.24, 2.45) is 0 Å². The standard InChI is InChI=1S/C11H21N3O3S/c1-13-4-6-14(7-5-13)11(17)12-9(10(15)16)3-8-18-2/h9H,3-8H2,1-2H3,(H,12,17)(H,15,16). The smallest absolute Gasteiger partial charge is 0.326 e. The first-order valence-electron chi connectivity index (χ1n) is 6.00. The quantitative estimate of drug-likeness (QED) is 0.747. The molecule has 0 radical (unpaired) electrons. The topological polar surface area (TPSA) is 72.9 Å². The zero-order valence-electron chi connectivity index (χ0n) is 10.9. The molecule has 7 heteroatoms. The highest BCUT2D eigenvalue weighted by atomic mass is 32.2. The van der Waals surface area contributed by atoms with Gasteiger partial charge in [-0.05, 0) is 25.5 Å². The van der Waals surface area contributed by atoms with Crippen LogP contribution in [0.1, 0.15) is 6.42 Å². The molecule has 0 aromatic heterocycles. The first-order valence-corrected chi connectivity index (χ1v) is 7.39. The molecule has 1 aliphatic heterocycles. The molecule has 0 spiro atoms. The monoisotopic (exact) mass is 275 g/mol. The van der Waals surface area contributed by atoms with Crippen LogP contribution in [-0.2, 0) is 4.79 Å². The molecule has 0 aliphatic carbocycles. The molecular formula is C11H21N3O3S. The molecule has 104 valence electrons. The molecule has 1 aliphatic rings. The van der Waals surface area contributed by atoms with E-state index in [9.17, 15) is 9.59 Å². The van der Waals surface area contributed by atoms with E-state index in [0.29, 0.717) is 19.5 Å². The normalized spacial score (nSPS) is 18.4. The molecule has 0 aromatic carbocycles. The number of amides is 2. The van der Waals surface area contributed by atoms with Crippen molar-refractivity contribution in [2.75, 3.05) is 45.2 Å². The number of aliphatic carboxylic acids is 1. The van der Waals surface area contributed by atoms with Crippen LogP contribution in [0.5, 0.6) is 0 Å². The van der Waals surface area contributed by atoms with Crippen molar-refractivity contribution in [3.8, 4) is 0 Å². The number of nitrogens with zero attached hydrogens (tertiary/aromatic N) is 2. The van der Waals surface area contributed by atoms with Crippen LogP contribution in [0, 0.1) is 0 Å². The first kappa shape index (κ1) is 15.1. The van der Waals surface area contributed by atoms with Gasteiger partial charge in [0.2, 0.25) is 0 Å². The van der Waals surface area contributed by atoms with Gasteiger partial charge >= 0.3 is 12.0 Å². The summed E-state index contributed by atoms with van der Waals surface area (Å²) in [5.41, 5.74) is 0. The Balaban J connectivity index is 2.42. The Morgan fingerprint density at radius 3 is 2.44 bits per heavy atom. The number of nitrogens with one attached hydrogen (secondary N) is 1. The summed E-state index contributed by atoms with van der Waals surface area (Å²) in [6.45, 7) is 2.96. The lowest BCUT2D eigenvalue weighted by Crippen LogP contribution is -2.54. The molecule has 1 saturated heterocycles. The predicted molar refractivity (Wildman–Crippen MR) is 72.0 cm³/mol. The van der Waals surface area contributed by atoms with Gasteiger partial charge in [-0.25, -0.2) is 9.59 Å². The van der Waals surface area contributed by atoms with Crippen LogP contribution in [0.4, 0.5) is 4.79 Å². The molecule has 0 aromatic rings. The number of carboxylic acid groups (broad SMARTS) is 1. The van der Waals surface area contributed by atoms with E-state index < -0.39 is 12.0 Å². The van der Waals surface area contributed by atoms with E-state index in [4.69, 9.17) is 5.11 Å². The zero-order valence-corrected chi connectivity index (χ0v) is 11.7. The molecule has 1 rings (SSSR count). The largest absolute Gasteiger partial charge is 0.480 e. The van der Waals surface area contributed by atoms with Crippen molar-refractivity contribution < 1.29 is 14.7 Å². The summed E-state index contributed by atoms with van der Waals surface area (Å²) in [6, 6.07) is -1.05. The molecule has 2 amide bonds. The predicted octanol–water partition coefficient (Wildman–Crippen LogP) is 0.150. The van der Waals surface area contributed by atoms with Gasteiger partial charge in [-0.2, -0.15) is 11.8 Å². The second-order valence-electron chi connectivity index (χ2n) is 4.41. The van der Waals surface area contributed by atoms with E-state index in [2.05, 4.69) is 10.2 Å². The number of carbonyl (C=O) groups excluding carboxylic acids is 1. The third-order valence-electron chi connectivity index (χ3n) is 3.00. The van der Waals surface area contributed by atoms with Gasteiger partial charge in [-0.1, -0.05) is 0 Å². The SMILES string of the molecule is CSCCC(NC(=O)N1CCN(C)CC1)C(=O)O. The Morgan fingerprint density at radius 2 is 1.94 bits per heavy atom. The van der Waals surface area contributed by atoms with Crippen LogP contribution in [-0.4, -0.2) is 78.2 Å². The van der Waals surface area contributed by atoms with E-state index >= 15 is 0 Å². The summed E-state index contributed by atoms with van der Waals surface area (Å²) < 4.78 is 0. The molecule has 18 heavy (non-hydrogen) atoms. The summed E-state index contributed by atoms with van der Waals surface area (Å²) in [5.74, 6) is -0.244. The number of carboxylic acids is 1. The molecule has 6 nitrogen and oxygen atoms in total. The Hall–Kier alpha value is -0.950. The molecule has 1 heterocycles. The van der Waals surface area contributed by atoms with Crippen molar-refractivity contribution >= 4 is 23.8 Å². The van der Waals surface area contributed by atoms with Crippen LogP contribution in [0.15, 0.2) is 0 Å². The molecule has 1 fully saturated rings. The van der Waals surface area contributed by atoms with Crippen molar-refractivity contribution in [1.82, 2.24) is 15.1 Å². The lowest BCUT2D eigenvalue weighted by Gasteiger charge is -2.33. The summed E-state index contributed by atoms with van der Waals surface area (Å²) >= 11 is 1.58. The van der Waals surface area contributed by atoms with Crippen molar-refractivity contribution in [2.45, 2.75) is 12.5 Å². The van der Waals surface area contributed by atoms with Crippen molar-refractivity contribution in [3.05, 3.63) is 0 Å². The van der Waals surface area contributed by atoms with E-state index in [0.717, 1.165) is 18.8 Å². The fourth-order valence-corrected chi connectivity index (χ4v) is 2.21. The minimum Gasteiger partial charge on any atom is -0.480 e. The Labute approximate surface area is 112 Å². The lowest BCUT2D eigenvalue weighted by atomic mass is 10.2. The highest BCUT2D eigenvalue weighted by molar-refractivity contribution is 7.98. The minimum absolute atomic E-state index is 0.267. The molecular weight excluding hydrogens is 254 g/mol. The van der Waals surface area contributed by atoms with Crippen molar-refractivity contribution in [1.29, 1.82) is 0 Å². The maximum absolute atomic E-state index is 11.9. The Bertz CT molecular complexity index is 293. The molecule has 0 bridgehead atoms. The van der Waals surface area contributed by atoms with Gasteiger partial charge in [0.15, 0.2) is 0 Å². The number of rotatable bonds is 5. The average Bonchev–Trinajstić information content (AvgIpc) is 2.34. The first-order chi connectivity index (χ1) is 8.54. The van der Waals surface area contributed by atoms with E-state index in [1.165, 1.54) is 0 Å². The van der Waals surface area contributed by atoms with Gasteiger partial charge in [0, 0.05) is 26.2 Å². The molecule has 0 saturated carbocycles. The van der Waals surface area contributed by atoms with Crippen LogP contribution in [0.25, 0.3) is 0 Å². The number of carbonyl (C=O) groups is 2. The summed E-state index contributed by atoms with van der Waals surface area (Å²) in [7, 11) is 2.01. The van der Waals surface area contributed by atoms with E-state index in [1.807, 2.05) is 13.3 Å². The lowest BCUT2D eigenvalue weighted by molar-refractivity contribution is -0.139. The Kier molecular flexibility index (Phi) is 6.28. The Morgan fingerprint density at radius 1 is 1.33 bits per heavy atom. The minimum atomic E-state index is -0.966. The number of urea groups is 1. The summed E-state index contributed by atoms with van der Waals surface area (Å²) in [6.07, 6.45) is 2.37. The molecule has 1 atom stereocenters. The summed E-state index contributed by atoms with van der Waals surface area (Å²) in [4.78, 5) is 26.8. The maximum atomic E-state index is 11.9.